The van der Waals surface area contributed by atoms with E-state index in [4.69, 9.17) is 17.0 Å². The third-order valence-corrected chi connectivity index (χ3v) is 4.08. The van der Waals surface area contributed by atoms with E-state index in [2.05, 4.69) is 20.9 Å². The highest BCUT2D eigenvalue weighted by atomic mass is 32.1. The molecule has 0 spiro atoms. The first-order valence-electron chi connectivity index (χ1n) is 6.20. The maximum Gasteiger partial charge on any atom is 0.341 e. The topological polar surface area (TPSA) is 81.1 Å². The summed E-state index contributed by atoms with van der Waals surface area (Å²) in [6.45, 7) is 3.97. The van der Waals surface area contributed by atoms with Gasteiger partial charge in [-0.3, -0.25) is 5.43 Å². The summed E-state index contributed by atoms with van der Waals surface area (Å²) < 4.78 is 6.37. The molecule has 0 bridgehead atoms. The average Bonchev–Trinajstić information content (AvgIpc) is 3.05. The smallest absolute Gasteiger partial charge is 0.341 e. The van der Waals surface area contributed by atoms with Gasteiger partial charge in [0.2, 0.25) is 0 Å². The maximum absolute atomic E-state index is 12.0. The van der Waals surface area contributed by atoms with Gasteiger partial charge < -0.3 is 10.1 Å². The minimum atomic E-state index is -0.370. The number of hydrogen-bond acceptors (Lipinski definition) is 6. The predicted octanol–water partition coefficient (Wildman–Crippen LogP) is 1.94. The van der Waals surface area contributed by atoms with Crippen LogP contribution in [0.1, 0.15) is 27.7 Å². The molecule has 0 aliphatic carbocycles. The Morgan fingerprint density at radius 1 is 1.48 bits per heavy atom. The largest absolute Gasteiger partial charge is 0.465 e. The lowest BCUT2D eigenvalue weighted by atomic mass is 10.1. The van der Waals surface area contributed by atoms with Crippen LogP contribution in [0.2, 0.25) is 0 Å². The molecule has 7 nitrogen and oxygen atoms in total. The molecule has 0 amide bonds. The van der Waals surface area contributed by atoms with Gasteiger partial charge in [0.25, 0.3) is 0 Å². The number of carbonyl (C=O) groups excluding carboxylic acids is 1. The van der Waals surface area contributed by atoms with Crippen LogP contribution >= 0.6 is 23.6 Å². The van der Waals surface area contributed by atoms with E-state index in [-0.39, 0.29) is 5.97 Å². The second-order valence-electron chi connectivity index (χ2n) is 4.12. The van der Waals surface area contributed by atoms with Gasteiger partial charge in [-0.2, -0.15) is 0 Å². The molecule has 0 aromatic carbocycles. The van der Waals surface area contributed by atoms with Crippen molar-refractivity contribution in [2.24, 2.45) is 0 Å². The number of aromatic nitrogens is 3. The molecule has 0 saturated heterocycles. The van der Waals surface area contributed by atoms with Crippen LogP contribution in [0.5, 0.6) is 0 Å². The zero-order valence-electron chi connectivity index (χ0n) is 11.8. The van der Waals surface area contributed by atoms with Crippen molar-refractivity contribution >= 4 is 39.6 Å². The quantitative estimate of drug-likeness (QED) is 0.656. The second-order valence-corrected chi connectivity index (χ2v) is 5.75. The molecule has 0 aliphatic heterocycles. The first-order chi connectivity index (χ1) is 10.1. The summed E-state index contributed by atoms with van der Waals surface area (Å²) in [4.78, 5) is 13.0. The Morgan fingerprint density at radius 3 is 2.71 bits per heavy atom. The van der Waals surface area contributed by atoms with Crippen LogP contribution in [0.15, 0.2) is 12.7 Å². The van der Waals surface area contributed by atoms with E-state index >= 15 is 0 Å². The molecule has 112 valence electrons. The fourth-order valence-electron chi connectivity index (χ4n) is 1.92. The molecule has 2 rings (SSSR count). The number of aryl methyl sites for hydroxylation is 1. The van der Waals surface area contributed by atoms with E-state index in [1.54, 1.807) is 0 Å². The van der Waals surface area contributed by atoms with Crippen LogP contribution in [0.3, 0.4) is 0 Å². The average molecular weight is 325 g/mol. The van der Waals surface area contributed by atoms with Gasteiger partial charge in [0.05, 0.1) is 12.7 Å². The van der Waals surface area contributed by atoms with Gasteiger partial charge in [0, 0.05) is 4.88 Å². The number of anilines is 1. The van der Waals surface area contributed by atoms with Crippen LogP contribution < -0.4 is 10.7 Å². The van der Waals surface area contributed by atoms with Gasteiger partial charge in [-0.1, -0.05) is 6.92 Å². The Balaban J connectivity index is 2.23. The monoisotopic (exact) mass is 325 g/mol. The molecular weight excluding hydrogens is 310 g/mol. The summed E-state index contributed by atoms with van der Waals surface area (Å²) in [5, 5.41) is 11.4. The van der Waals surface area contributed by atoms with Gasteiger partial charge in [0.15, 0.2) is 5.11 Å². The number of esters is 1. The van der Waals surface area contributed by atoms with E-state index in [0.717, 1.165) is 16.9 Å². The second kappa shape index (κ2) is 6.64. The lowest BCUT2D eigenvalue weighted by Crippen LogP contribution is -2.26. The third-order valence-electron chi connectivity index (χ3n) is 2.83. The highest BCUT2D eigenvalue weighted by molar-refractivity contribution is 7.80. The minimum absolute atomic E-state index is 0.337. The molecular formula is C12H15N5O2S2. The van der Waals surface area contributed by atoms with E-state index < -0.39 is 0 Å². The fraction of sp³-hybridized carbons (Fsp3) is 0.333. The van der Waals surface area contributed by atoms with Gasteiger partial charge in [0.1, 0.15) is 17.7 Å². The lowest BCUT2D eigenvalue weighted by molar-refractivity contribution is 0.0601. The van der Waals surface area contributed by atoms with Crippen molar-refractivity contribution in [3.05, 3.63) is 28.7 Å². The number of nitrogens with zero attached hydrogens (tertiary/aromatic N) is 3. The Morgan fingerprint density at radius 2 is 2.14 bits per heavy atom. The number of methoxy groups -OCH3 is 1. The Kier molecular flexibility index (Phi) is 4.86. The molecule has 0 unspecified atom stereocenters. The Hall–Kier alpha value is -2.00. The molecule has 0 radical (unpaired) electrons. The summed E-state index contributed by atoms with van der Waals surface area (Å²) in [6, 6.07) is 0. The number of thiocarbonyl (C=S) groups is 1. The molecule has 0 saturated carbocycles. The van der Waals surface area contributed by atoms with Crippen LogP contribution in [0.25, 0.3) is 0 Å². The lowest BCUT2D eigenvalue weighted by Gasteiger charge is -2.10. The molecule has 0 aliphatic rings. The SMILES string of the molecule is CCc1c(C)sc(NC(=S)Nn2cnnc2)c1C(=O)OC. The summed E-state index contributed by atoms with van der Waals surface area (Å²) in [6.07, 6.45) is 3.71. The summed E-state index contributed by atoms with van der Waals surface area (Å²) in [7, 11) is 1.37. The highest BCUT2D eigenvalue weighted by Gasteiger charge is 2.22. The Labute approximate surface area is 131 Å². The molecule has 9 heteroatoms. The van der Waals surface area contributed by atoms with Crippen molar-refractivity contribution in [2.45, 2.75) is 20.3 Å². The maximum atomic E-state index is 12.0. The Bertz CT molecular complexity index is 651. The fourth-order valence-corrected chi connectivity index (χ4v) is 3.33. The van der Waals surface area contributed by atoms with E-state index in [1.807, 2.05) is 13.8 Å². The highest BCUT2D eigenvalue weighted by Crippen LogP contribution is 2.33. The van der Waals surface area contributed by atoms with E-state index in [9.17, 15) is 4.79 Å². The number of ether oxygens (including phenoxy) is 1. The van der Waals surface area contributed by atoms with Crippen LogP contribution in [0.4, 0.5) is 5.00 Å². The molecule has 2 N–H and O–H groups in total. The number of rotatable bonds is 4. The van der Waals surface area contributed by atoms with Crippen molar-refractivity contribution in [1.29, 1.82) is 0 Å². The summed E-state index contributed by atoms with van der Waals surface area (Å²) in [5.74, 6) is -0.370. The standard InChI is InChI=1S/C12H15N5O2S2/c1-4-8-7(2)21-10(9(8)11(18)19-3)15-12(20)16-17-5-13-14-6-17/h5-6H,4H2,1-3H3,(H2,15,16,20). The minimum Gasteiger partial charge on any atom is -0.465 e. The van der Waals surface area contributed by atoms with Crippen molar-refractivity contribution < 1.29 is 9.53 Å². The molecule has 2 aromatic heterocycles. The normalized spacial score (nSPS) is 10.2. The summed E-state index contributed by atoms with van der Waals surface area (Å²) >= 11 is 6.68. The molecule has 2 aromatic rings. The predicted molar refractivity (Wildman–Crippen MR) is 85.4 cm³/mol. The van der Waals surface area contributed by atoms with Gasteiger partial charge in [-0.15, -0.1) is 21.5 Å². The van der Waals surface area contributed by atoms with Crippen molar-refractivity contribution in [3.8, 4) is 0 Å². The van der Waals surface area contributed by atoms with Gasteiger partial charge >= 0.3 is 5.97 Å². The molecule has 2 heterocycles. The van der Waals surface area contributed by atoms with E-state index in [0.29, 0.717) is 15.7 Å². The zero-order chi connectivity index (χ0) is 15.4. The zero-order valence-corrected chi connectivity index (χ0v) is 13.5. The summed E-state index contributed by atoms with van der Waals surface area (Å²) in [5.41, 5.74) is 4.38. The van der Waals surface area contributed by atoms with Gasteiger partial charge in [-0.25, -0.2) is 9.47 Å². The van der Waals surface area contributed by atoms with Crippen molar-refractivity contribution in [1.82, 2.24) is 14.9 Å². The molecule has 0 atom stereocenters. The number of hydrogen-bond donors (Lipinski definition) is 2. The van der Waals surface area contributed by atoms with E-state index in [1.165, 1.54) is 35.8 Å². The van der Waals surface area contributed by atoms with Crippen molar-refractivity contribution in [3.63, 3.8) is 0 Å². The van der Waals surface area contributed by atoms with Crippen LogP contribution in [-0.2, 0) is 11.2 Å². The molecule has 21 heavy (non-hydrogen) atoms. The molecule has 0 fully saturated rings. The third kappa shape index (κ3) is 3.37. The van der Waals surface area contributed by atoms with Crippen LogP contribution in [0, 0.1) is 6.92 Å². The first-order valence-corrected chi connectivity index (χ1v) is 7.42. The number of thiophene rings is 1. The number of carbonyl (C=O) groups is 1. The number of nitrogens with one attached hydrogen (secondary N) is 2. The van der Waals surface area contributed by atoms with Crippen LogP contribution in [-0.4, -0.2) is 33.1 Å². The first kappa shape index (κ1) is 15.4. The van der Waals surface area contributed by atoms with Crippen molar-refractivity contribution in [2.75, 3.05) is 17.9 Å². The van der Waals surface area contributed by atoms with Gasteiger partial charge in [-0.05, 0) is 31.1 Å².